The van der Waals surface area contributed by atoms with E-state index in [4.69, 9.17) is 16.0 Å². The topological polar surface area (TPSA) is 33.4 Å². The number of hydrogen-bond donors (Lipinski definition) is 1. The van der Waals surface area contributed by atoms with Crippen LogP contribution in [0.25, 0.3) is 11.0 Å². The molecule has 1 saturated carbocycles. The van der Waals surface area contributed by atoms with Gasteiger partial charge in [-0.25, -0.2) is 0 Å². The zero-order valence-corrected chi connectivity index (χ0v) is 12.6. The second-order valence-corrected chi connectivity index (χ2v) is 6.35. The average molecular weight is 293 g/mol. The molecule has 0 saturated heterocycles. The van der Waals surface area contributed by atoms with Crippen molar-refractivity contribution in [1.82, 2.24) is 0 Å². The first kappa shape index (κ1) is 14.0. The van der Waals surface area contributed by atoms with Crippen molar-refractivity contribution in [3.63, 3.8) is 0 Å². The first-order valence-corrected chi connectivity index (χ1v) is 7.93. The van der Waals surface area contributed by atoms with Crippen LogP contribution in [0.5, 0.6) is 0 Å². The van der Waals surface area contributed by atoms with E-state index >= 15 is 0 Å². The maximum absolute atomic E-state index is 10.6. The number of rotatable bonds is 3. The number of aliphatic hydroxyl groups is 1. The van der Waals surface area contributed by atoms with Gasteiger partial charge in [0.1, 0.15) is 11.9 Å². The van der Waals surface area contributed by atoms with Crippen LogP contribution in [0.4, 0.5) is 0 Å². The highest BCUT2D eigenvalue weighted by Gasteiger charge is 2.28. The molecule has 1 aliphatic rings. The van der Waals surface area contributed by atoms with Gasteiger partial charge in [-0.2, -0.15) is 0 Å². The van der Waals surface area contributed by atoms with Gasteiger partial charge in [0, 0.05) is 5.39 Å². The van der Waals surface area contributed by atoms with Crippen molar-refractivity contribution in [3.05, 3.63) is 35.0 Å². The lowest BCUT2D eigenvalue weighted by Crippen LogP contribution is -2.19. The molecule has 0 bridgehead atoms. The number of furan rings is 1. The molecule has 0 spiro atoms. The van der Waals surface area contributed by atoms with E-state index in [0.29, 0.717) is 22.3 Å². The molecule has 1 fully saturated rings. The summed E-state index contributed by atoms with van der Waals surface area (Å²) >= 11 is 6.12. The van der Waals surface area contributed by atoms with E-state index in [0.717, 1.165) is 24.1 Å². The minimum atomic E-state index is -0.503. The molecule has 1 aliphatic carbocycles. The monoisotopic (exact) mass is 292 g/mol. The summed E-state index contributed by atoms with van der Waals surface area (Å²) in [5.41, 5.74) is 0.686. The normalized spacial score (nSPS) is 24.9. The van der Waals surface area contributed by atoms with E-state index < -0.39 is 6.10 Å². The van der Waals surface area contributed by atoms with Crippen LogP contribution in [0.1, 0.15) is 50.9 Å². The van der Waals surface area contributed by atoms with Gasteiger partial charge >= 0.3 is 0 Å². The van der Waals surface area contributed by atoms with E-state index in [1.165, 1.54) is 19.3 Å². The van der Waals surface area contributed by atoms with Gasteiger partial charge in [-0.1, -0.05) is 49.9 Å². The van der Waals surface area contributed by atoms with E-state index in [2.05, 4.69) is 6.92 Å². The molecular weight excluding hydrogens is 272 g/mol. The fraction of sp³-hybridized carbons (Fsp3) is 0.529. The van der Waals surface area contributed by atoms with Gasteiger partial charge < -0.3 is 9.52 Å². The Hall–Kier alpha value is -0.990. The van der Waals surface area contributed by atoms with Crippen LogP contribution >= 0.6 is 11.6 Å². The lowest BCUT2D eigenvalue weighted by Gasteiger charge is -2.30. The SMILES string of the molecule is CCC1CCC(C(O)c2cc3cccc(Cl)c3o2)CC1. The molecule has 2 aromatic rings. The maximum atomic E-state index is 10.6. The van der Waals surface area contributed by atoms with E-state index in [-0.39, 0.29) is 0 Å². The van der Waals surface area contributed by atoms with Gasteiger partial charge in [-0.05, 0) is 36.8 Å². The van der Waals surface area contributed by atoms with Gasteiger partial charge in [-0.3, -0.25) is 0 Å². The highest BCUT2D eigenvalue weighted by atomic mass is 35.5. The van der Waals surface area contributed by atoms with Gasteiger partial charge in [0.15, 0.2) is 5.58 Å². The third kappa shape index (κ3) is 2.59. The predicted octanol–water partition coefficient (Wildman–Crippen LogP) is 5.34. The van der Waals surface area contributed by atoms with Gasteiger partial charge in [0.05, 0.1) is 5.02 Å². The first-order chi connectivity index (χ1) is 9.69. The Morgan fingerprint density at radius 3 is 2.70 bits per heavy atom. The Morgan fingerprint density at radius 2 is 2.05 bits per heavy atom. The Kier molecular flexibility index (Phi) is 4.04. The Morgan fingerprint density at radius 1 is 1.30 bits per heavy atom. The van der Waals surface area contributed by atoms with Crippen LogP contribution in [0.2, 0.25) is 5.02 Å². The lowest BCUT2D eigenvalue weighted by molar-refractivity contribution is 0.0566. The fourth-order valence-corrected chi connectivity index (χ4v) is 3.56. The van der Waals surface area contributed by atoms with Gasteiger partial charge in [0.25, 0.3) is 0 Å². The molecular formula is C17H21ClO2. The van der Waals surface area contributed by atoms with Crippen LogP contribution < -0.4 is 0 Å². The number of para-hydroxylation sites is 1. The number of aliphatic hydroxyl groups excluding tert-OH is 1. The minimum Gasteiger partial charge on any atom is -0.457 e. The standard InChI is InChI=1S/C17H21ClO2/c1-2-11-6-8-12(9-7-11)16(19)15-10-13-4-3-5-14(18)17(13)20-15/h3-5,10-12,16,19H,2,6-9H2,1H3. The molecule has 0 amide bonds. The zero-order chi connectivity index (χ0) is 14.1. The van der Waals surface area contributed by atoms with Crippen LogP contribution in [-0.2, 0) is 0 Å². The molecule has 1 atom stereocenters. The third-order valence-corrected chi connectivity index (χ3v) is 5.02. The van der Waals surface area contributed by atoms with Crippen molar-refractivity contribution in [3.8, 4) is 0 Å². The molecule has 20 heavy (non-hydrogen) atoms. The predicted molar refractivity (Wildman–Crippen MR) is 81.9 cm³/mol. The first-order valence-electron chi connectivity index (χ1n) is 7.55. The number of fused-ring (bicyclic) bond motifs is 1. The summed E-state index contributed by atoms with van der Waals surface area (Å²) in [7, 11) is 0. The Bertz CT molecular complexity index is 582. The highest BCUT2D eigenvalue weighted by Crippen LogP contribution is 2.39. The van der Waals surface area contributed by atoms with Crippen LogP contribution in [-0.4, -0.2) is 5.11 Å². The molecule has 3 heteroatoms. The molecule has 0 aliphatic heterocycles. The quantitative estimate of drug-likeness (QED) is 0.829. The van der Waals surface area contributed by atoms with E-state index in [9.17, 15) is 5.11 Å². The summed E-state index contributed by atoms with van der Waals surface area (Å²) in [4.78, 5) is 0. The molecule has 0 radical (unpaired) electrons. The third-order valence-electron chi connectivity index (χ3n) is 4.72. The largest absolute Gasteiger partial charge is 0.457 e. The maximum Gasteiger partial charge on any atom is 0.152 e. The van der Waals surface area contributed by atoms with Crippen molar-refractivity contribution in [2.24, 2.45) is 11.8 Å². The number of benzene rings is 1. The molecule has 108 valence electrons. The summed E-state index contributed by atoms with van der Waals surface area (Å²) in [6.45, 7) is 2.25. The minimum absolute atomic E-state index is 0.317. The molecule has 2 nitrogen and oxygen atoms in total. The highest BCUT2D eigenvalue weighted by molar-refractivity contribution is 6.34. The molecule has 1 aromatic heterocycles. The van der Waals surface area contributed by atoms with E-state index in [1.807, 2.05) is 24.3 Å². The summed E-state index contributed by atoms with van der Waals surface area (Å²) in [5, 5.41) is 12.1. The summed E-state index contributed by atoms with van der Waals surface area (Å²) in [5.74, 6) is 1.81. The van der Waals surface area contributed by atoms with Crippen molar-refractivity contribution in [2.75, 3.05) is 0 Å². The van der Waals surface area contributed by atoms with Gasteiger partial charge in [-0.15, -0.1) is 0 Å². The fourth-order valence-electron chi connectivity index (χ4n) is 3.34. The number of halogens is 1. The van der Waals surface area contributed by atoms with Crippen molar-refractivity contribution in [1.29, 1.82) is 0 Å². The molecule has 1 aromatic carbocycles. The smallest absolute Gasteiger partial charge is 0.152 e. The Labute approximate surface area is 124 Å². The summed E-state index contributed by atoms with van der Waals surface area (Å²) in [6, 6.07) is 7.62. The van der Waals surface area contributed by atoms with Crippen LogP contribution in [0, 0.1) is 11.8 Å². The van der Waals surface area contributed by atoms with Crippen molar-refractivity contribution in [2.45, 2.75) is 45.1 Å². The molecule has 1 unspecified atom stereocenters. The van der Waals surface area contributed by atoms with Gasteiger partial charge in [0.2, 0.25) is 0 Å². The van der Waals surface area contributed by atoms with Crippen LogP contribution in [0.15, 0.2) is 28.7 Å². The lowest BCUT2D eigenvalue weighted by atomic mass is 9.78. The number of hydrogen-bond acceptors (Lipinski definition) is 2. The second kappa shape index (κ2) is 5.79. The molecule has 1 N–H and O–H groups in total. The van der Waals surface area contributed by atoms with Crippen LogP contribution in [0.3, 0.4) is 0 Å². The Balaban J connectivity index is 1.79. The van der Waals surface area contributed by atoms with E-state index in [1.54, 1.807) is 0 Å². The molecule has 1 heterocycles. The van der Waals surface area contributed by atoms with Crippen molar-refractivity contribution >= 4 is 22.6 Å². The summed E-state index contributed by atoms with van der Waals surface area (Å²) in [6.07, 6.45) is 5.37. The second-order valence-electron chi connectivity index (χ2n) is 5.94. The molecule has 3 rings (SSSR count). The average Bonchev–Trinajstić information content (AvgIpc) is 2.92. The summed E-state index contributed by atoms with van der Waals surface area (Å²) < 4.78 is 5.79. The zero-order valence-electron chi connectivity index (χ0n) is 11.8. The van der Waals surface area contributed by atoms with Crippen molar-refractivity contribution < 1.29 is 9.52 Å².